The maximum absolute atomic E-state index is 3.52. The van der Waals surface area contributed by atoms with Crippen LogP contribution >= 0.6 is 0 Å². The second-order valence-corrected chi connectivity index (χ2v) is 5.48. The van der Waals surface area contributed by atoms with Gasteiger partial charge in [-0.05, 0) is 37.4 Å². The molecule has 0 radical (unpaired) electrons. The Morgan fingerprint density at radius 2 is 2.11 bits per heavy atom. The molecule has 0 aromatic heterocycles. The first-order valence-corrected chi connectivity index (χ1v) is 7.31. The van der Waals surface area contributed by atoms with Crippen LogP contribution in [-0.4, -0.2) is 31.1 Å². The lowest BCUT2D eigenvalue weighted by Crippen LogP contribution is -2.41. The van der Waals surface area contributed by atoms with Crippen LogP contribution in [-0.2, 0) is 0 Å². The normalized spacial score (nSPS) is 22.9. The molecule has 1 aromatic rings. The number of likely N-dealkylation sites (N-methyl/N-ethyl adjacent to an activating group) is 1. The third-order valence-electron chi connectivity index (χ3n) is 3.90. The van der Waals surface area contributed by atoms with E-state index in [0.29, 0.717) is 6.04 Å². The molecule has 1 saturated heterocycles. The number of benzene rings is 1. The van der Waals surface area contributed by atoms with Gasteiger partial charge >= 0.3 is 0 Å². The summed E-state index contributed by atoms with van der Waals surface area (Å²) in [4.78, 5) is 2.66. The zero-order valence-corrected chi connectivity index (χ0v) is 11.7. The summed E-state index contributed by atoms with van der Waals surface area (Å²) in [6.45, 7) is 9.16. The standard InChI is InChI=1S/C16H26N2/c1-3-17-12-16(15-9-5-4-6-10-15)18-11-7-8-14(2)13-18/h4-6,9-10,14,16-17H,3,7-8,11-13H2,1-2H3. The molecule has 1 heterocycles. The summed E-state index contributed by atoms with van der Waals surface area (Å²) in [5.74, 6) is 0.839. The van der Waals surface area contributed by atoms with E-state index in [-0.39, 0.29) is 0 Å². The van der Waals surface area contributed by atoms with Crippen molar-refractivity contribution in [3.05, 3.63) is 35.9 Å². The van der Waals surface area contributed by atoms with Gasteiger partial charge in [-0.3, -0.25) is 4.90 Å². The van der Waals surface area contributed by atoms with Gasteiger partial charge in [-0.15, -0.1) is 0 Å². The molecule has 100 valence electrons. The average Bonchev–Trinajstić information content (AvgIpc) is 2.40. The molecular formula is C16H26N2. The Labute approximate surface area is 111 Å². The highest BCUT2D eigenvalue weighted by Crippen LogP contribution is 2.26. The molecule has 2 unspecified atom stereocenters. The zero-order valence-electron chi connectivity index (χ0n) is 11.7. The fourth-order valence-corrected chi connectivity index (χ4v) is 2.92. The van der Waals surface area contributed by atoms with Crippen molar-refractivity contribution in [3.8, 4) is 0 Å². The van der Waals surface area contributed by atoms with Crippen molar-refractivity contribution >= 4 is 0 Å². The summed E-state index contributed by atoms with van der Waals surface area (Å²) in [5.41, 5.74) is 1.45. The van der Waals surface area contributed by atoms with Crippen molar-refractivity contribution < 1.29 is 0 Å². The summed E-state index contributed by atoms with van der Waals surface area (Å²) >= 11 is 0. The van der Waals surface area contributed by atoms with Crippen LogP contribution in [0.4, 0.5) is 0 Å². The Balaban J connectivity index is 2.09. The Morgan fingerprint density at radius 1 is 1.33 bits per heavy atom. The number of nitrogens with one attached hydrogen (secondary N) is 1. The van der Waals surface area contributed by atoms with Crippen molar-refractivity contribution in [2.45, 2.75) is 32.7 Å². The summed E-state index contributed by atoms with van der Waals surface area (Å²) in [7, 11) is 0. The molecule has 1 aliphatic rings. The molecule has 1 N–H and O–H groups in total. The Morgan fingerprint density at radius 3 is 2.78 bits per heavy atom. The minimum absolute atomic E-state index is 0.536. The quantitative estimate of drug-likeness (QED) is 0.859. The molecular weight excluding hydrogens is 220 g/mol. The predicted molar refractivity (Wildman–Crippen MR) is 77.7 cm³/mol. The molecule has 0 amide bonds. The summed E-state index contributed by atoms with van der Waals surface area (Å²) in [6, 6.07) is 11.5. The monoisotopic (exact) mass is 246 g/mol. The van der Waals surface area contributed by atoms with Gasteiger partial charge in [0.15, 0.2) is 0 Å². The van der Waals surface area contributed by atoms with E-state index in [0.717, 1.165) is 19.0 Å². The third-order valence-corrected chi connectivity index (χ3v) is 3.90. The fourth-order valence-electron chi connectivity index (χ4n) is 2.92. The molecule has 0 spiro atoms. The molecule has 1 aliphatic heterocycles. The summed E-state index contributed by atoms with van der Waals surface area (Å²) in [6.07, 6.45) is 2.73. The Bertz CT molecular complexity index is 336. The first kappa shape index (κ1) is 13.6. The number of piperidine rings is 1. The van der Waals surface area contributed by atoms with E-state index in [1.807, 2.05) is 0 Å². The van der Waals surface area contributed by atoms with Crippen LogP contribution in [0.3, 0.4) is 0 Å². The zero-order chi connectivity index (χ0) is 12.8. The highest BCUT2D eigenvalue weighted by Gasteiger charge is 2.24. The van der Waals surface area contributed by atoms with Crippen molar-refractivity contribution in [1.82, 2.24) is 10.2 Å². The molecule has 2 atom stereocenters. The second-order valence-electron chi connectivity index (χ2n) is 5.48. The number of rotatable bonds is 5. The van der Waals surface area contributed by atoms with Gasteiger partial charge in [0.05, 0.1) is 0 Å². The van der Waals surface area contributed by atoms with Gasteiger partial charge < -0.3 is 5.32 Å². The molecule has 0 aliphatic carbocycles. The highest BCUT2D eigenvalue weighted by atomic mass is 15.2. The first-order valence-electron chi connectivity index (χ1n) is 7.31. The molecule has 0 saturated carbocycles. The van der Waals surface area contributed by atoms with Crippen LogP contribution in [0.15, 0.2) is 30.3 Å². The lowest BCUT2D eigenvalue weighted by Gasteiger charge is -2.37. The number of hydrogen-bond acceptors (Lipinski definition) is 2. The second kappa shape index (κ2) is 6.91. The molecule has 2 rings (SSSR count). The van der Waals surface area contributed by atoms with Gasteiger partial charge in [-0.1, -0.05) is 44.2 Å². The smallest absolute Gasteiger partial charge is 0.0472 e. The molecule has 1 fully saturated rings. The number of nitrogens with zero attached hydrogens (tertiary/aromatic N) is 1. The van der Waals surface area contributed by atoms with Gasteiger partial charge in [-0.2, -0.15) is 0 Å². The number of likely N-dealkylation sites (tertiary alicyclic amines) is 1. The van der Waals surface area contributed by atoms with Crippen LogP contribution in [0.1, 0.15) is 38.3 Å². The van der Waals surface area contributed by atoms with E-state index in [9.17, 15) is 0 Å². The largest absolute Gasteiger partial charge is 0.315 e. The average molecular weight is 246 g/mol. The SMILES string of the molecule is CCNCC(c1ccccc1)N1CCCC(C)C1. The van der Waals surface area contributed by atoms with E-state index in [2.05, 4.69) is 54.4 Å². The van der Waals surface area contributed by atoms with Crippen LogP contribution < -0.4 is 5.32 Å². The first-order chi connectivity index (χ1) is 8.81. The lowest BCUT2D eigenvalue weighted by atomic mass is 9.96. The van der Waals surface area contributed by atoms with Crippen molar-refractivity contribution in [2.24, 2.45) is 5.92 Å². The van der Waals surface area contributed by atoms with E-state index < -0.39 is 0 Å². The van der Waals surface area contributed by atoms with Gasteiger partial charge in [0, 0.05) is 19.1 Å². The summed E-state index contributed by atoms with van der Waals surface area (Å²) < 4.78 is 0. The van der Waals surface area contributed by atoms with E-state index in [1.165, 1.54) is 31.5 Å². The van der Waals surface area contributed by atoms with E-state index in [4.69, 9.17) is 0 Å². The highest BCUT2D eigenvalue weighted by molar-refractivity contribution is 5.19. The maximum atomic E-state index is 3.52. The lowest BCUT2D eigenvalue weighted by molar-refractivity contribution is 0.128. The van der Waals surface area contributed by atoms with E-state index in [1.54, 1.807) is 0 Å². The van der Waals surface area contributed by atoms with Crippen molar-refractivity contribution in [1.29, 1.82) is 0 Å². The van der Waals surface area contributed by atoms with Crippen LogP contribution in [0.5, 0.6) is 0 Å². The molecule has 1 aromatic carbocycles. The molecule has 18 heavy (non-hydrogen) atoms. The van der Waals surface area contributed by atoms with Gasteiger partial charge in [0.25, 0.3) is 0 Å². The van der Waals surface area contributed by atoms with Crippen molar-refractivity contribution in [2.75, 3.05) is 26.2 Å². The fraction of sp³-hybridized carbons (Fsp3) is 0.625. The van der Waals surface area contributed by atoms with Crippen LogP contribution in [0.2, 0.25) is 0 Å². The maximum Gasteiger partial charge on any atom is 0.0472 e. The van der Waals surface area contributed by atoms with Gasteiger partial charge in [0.2, 0.25) is 0 Å². The Hall–Kier alpha value is -0.860. The minimum atomic E-state index is 0.536. The van der Waals surface area contributed by atoms with E-state index >= 15 is 0 Å². The molecule has 2 nitrogen and oxygen atoms in total. The van der Waals surface area contributed by atoms with Gasteiger partial charge in [-0.25, -0.2) is 0 Å². The Kier molecular flexibility index (Phi) is 5.21. The topological polar surface area (TPSA) is 15.3 Å². The summed E-state index contributed by atoms with van der Waals surface area (Å²) in [5, 5.41) is 3.52. The molecule has 0 bridgehead atoms. The third kappa shape index (κ3) is 3.56. The van der Waals surface area contributed by atoms with Crippen molar-refractivity contribution in [3.63, 3.8) is 0 Å². The predicted octanol–water partition coefficient (Wildman–Crippen LogP) is 3.07. The molecule has 2 heteroatoms. The number of hydrogen-bond donors (Lipinski definition) is 1. The minimum Gasteiger partial charge on any atom is -0.315 e. The van der Waals surface area contributed by atoms with Crippen LogP contribution in [0, 0.1) is 5.92 Å². The van der Waals surface area contributed by atoms with Gasteiger partial charge in [0.1, 0.15) is 0 Å². The van der Waals surface area contributed by atoms with Crippen LogP contribution in [0.25, 0.3) is 0 Å².